The highest BCUT2D eigenvalue weighted by atomic mass is 16.5. The van der Waals surface area contributed by atoms with Crippen molar-refractivity contribution >= 4 is 5.97 Å². The van der Waals surface area contributed by atoms with E-state index in [1.807, 2.05) is 0 Å². The van der Waals surface area contributed by atoms with Crippen molar-refractivity contribution in [1.29, 1.82) is 0 Å². The molecule has 2 saturated carbocycles. The Morgan fingerprint density at radius 2 is 2.12 bits per heavy atom. The first kappa shape index (κ1) is 11.9. The molecule has 2 rings (SSSR count). The lowest BCUT2D eigenvalue weighted by molar-refractivity contribution is -0.143. The fraction of sp³-hybridized carbons (Fsp3) is 0.917. The van der Waals surface area contributed by atoms with E-state index in [9.17, 15) is 4.79 Å². The first-order valence-corrected chi connectivity index (χ1v) is 6.25. The largest absolute Gasteiger partial charge is 0.468 e. The van der Waals surface area contributed by atoms with Gasteiger partial charge in [-0.1, -0.05) is 6.42 Å². The average molecular weight is 226 g/mol. The summed E-state index contributed by atoms with van der Waals surface area (Å²) in [6, 6.07) is 1.06. The molecule has 0 aromatic rings. The van der Waals surface area contributed by atoms with Crippen molar-refractivity contribution < 1.29 is 9.53 Å². The lowest BCUT2D eigenvalue weighted by atomic mass is 9.91. The number of nitrogens with zero attached hydrogens (tertiary/aromatic N) is 1. The van der Waals surface area contributed by atoms with Crippen molar-refractivity contribution in [2.24, 2.45) is 0 Å². The molecule has 0 spiro atoms. The molecule has 0 bridgehead atoms. The normalized spacial score (nSPS) is 22.9. The van der Waals surface area contributed by atoms with Crippen LogP contribution in [0, 0.1) is 0 Å². The minimum Gasteiger partial charge on any atom is -0.468 e. The van der Waals surface area contributed by atoms with E-state index in [1.165, 1.54) is 39.2 Å². The van der Waals surface area contributed by atoms with Gasteiger partial charge in [-0.05, 0) is 32.7 Å². The maximum absolute atomic E-state index is 11.6. The molecule has 4 nitrogen and oxygen atoms in total. The summed E-state index contributed by atoms with van der Waals surface area (Å²) in [6.07, 6.45) is 6.26. The summed E-state index contributed by atoms with van der Waals surface area (Å²) in [7, 11) is 3.57. The van der Waals surface area contributed by atoms with Gasteiger partial charge in [0.15, 0.2) is 0 Å². The number of carbonyl (C=O) groups is 1. The minimum absolute atomic E-state index is 0.127. The molecule has 16 heavy (non-hydrogen) atoms. The van der Waals surface area contributed by atoms with Gasteiger partial charge in [-0.3, -0.25) is 4.79 Å². The Morgan fingerprint density at radius 3 is 2.56 bits per heavy atom. The van der Waals surface area contributed by atoms with Crippen molar-refractivity contribution in [2.45, 2.75) is 50.2 Å². The third-order valence-corrected chi connectivity index (χ3v) is 3.67. The predicted octanol–water partition coefficient (Wildman–Crippen LogP) is 0.764. The van der Waals surface area contributed by atoms with Crippen LogP contribution in [0.2, 0.25) is 0 Å². The number of esters is 1. The van der Waals surface area contributed by atoms with E-state index in [4.69, 9.17) is 4.74 Å². The summed E-state index contributed by atoms with van der Waals surface area (Å²) in [5, 5.41) is 3.36. The standard InChI is InChI=1S/C12H22N2O2/c1-14(10-4-3-5-10)8-11(12(15)16-2)13-9-6-7-9/h9-11,13H,3-8H2,1-2H3. The molecule has 0 heterocycles. The van der Waals surface area contributed by atoms with E-state index >= 15 is 0 Å². The van der Waals surface area contributed by atoms with Crippen molar-refractivity contribution in [2.75, 3.05) is 20.7 Å². The molecular weight excluding hydrogens is 204 g/mol. The van der Waals surface area contributed by atoms with Crippen molar-refractivity contribution in [3.8, 4) is 0 Å². The van der Waals surface area contributed by atoms with Gasteiger partial charge < -0.3 is 15.0 Å². The summed E-state index contributed by atoms with van der Waals surface area (Å²) >= 11 is 0. The first-order valence-electron chi connectivity index (χ1n) is 6.25. The van der Waals surface area contributed by atoms with Crippen LogP contribution in [0.4, 0.5) is 0 Å². The third kappa shape index (κ3) is 2.95. The summed E-state index contributed by atoms with van der Waals surface area (Å²) < 4.78 is 4.85. The Hall–Kier alpha value is -0.610. The van der Waals surface area contributed by atoms with Crippen molar-refractivity contribution in [3.63, 3.8) is 0 Å². The smallest absolute Gasteiger partial charge is 0.324 e. The summed E-state index contributed by atoms with van der Waals surface area (Å²) in [6.45, 7) is 0.772. The van der Waals surface area contributed by atoms with Crippen LogP contribution in [0.1, 0.15) is 32.1 Å². The fourth-order valence-electron chi connectivity index (χ4n) is 2.14. The topological polar surface area (TPSA) is 41.6 Å². The van der Waals surface area contributed by atoms with Gasteiger partial charge in [-0.25, -0.2) is 0 Å². The Morgan fingerprint density at radius 1 is 1.44 bits per heavy atom. The zero-order valence-electron chi connectivity index (χ0n) is 10.2. The predicted molar refractivity (Wildman–Crippen MR) is 62.2 cm³/mol. The van der Waals surface area contributed by atoms with Gasteiger partial charge in [0.25, 0.3) is 0 Å². The molecule has 2 aliphatic rings. The summed E-state index contributed by atoms with van der Waals surface area (Å²) in [5.41, 5.74) is 0. The van der Waals surface area contributed by atoms with Crippen LogP contribution in [-0.2, 0) is 9.53 Å². The van der Waals surface area contributed by atoms with E-state index < -0.39 is 0 Å². The quantitative estimate of drug-likeness (QED) is 0.679. The molecule has 92 valence electrons. The molecule has 0 saturated heterocycles. The third-order valence-electron chi connectivity index (χ3n) is 3.67. The summed E-state index contributed by atoms with van der Waals surface area (Å²) in [4.78, 5) is 13.9. The molecule has 0 aromatic heterocycles. The molecule has 0 aromatic carbocycles. The number of methoxy groups -OCH3 is 1. The lowest BCUT2D eigenvalue weighted by Crippen LogP contribution is -2.50. The van der Waals surface area contributed by atoms with Crippen LogP contribution in [0.3, 0.4) is 0 Å². The van der Waals surface area contributed by atoms with Gasteiger partial charge >= 0.3 is 5.97 Å². The first-order chi connectivity index (χ1) is 7.70. The van der Waals surface area contributed by atoms with E-state index in [0.29, 0.717) is 12.1 Å². The van der Waals surface area contributed by atoms with Crippen molar-refractivity contribution in [1.82, 2.24) is 10.2 Å². The fourth-order valence-corrected chi connectivity index (χ4v) is 2.14. The number of hydrogen-bond acceptors (Lipinski definition) is 4. The number of rotatable bonds is 6. The van der Waals surface area contributed by atoms with Crippen LogP contribution >= 0.6 is 0 Å². The maximum Gasteiger partial charge on any atom is 0.324 e. The van der Waals surface area contributed by atoms with Crippen LogP contribution < -0.4 is 5.32 Å². The van der Waals surface area contributed by atoms with E-state index in [0.717, 1.165) is 6.54 Å². The molecule has 4 heteroatoms. The van der Waals surface area contributed by atoms with E-state index in [2.05, 4.69) is 17.3 Å². The average Bonchev–Trinajstić information content (AvgIpc) is 2.96. The minimum atomic E-state index is -0.150. The molecule has 0 radical (unpaired) electrons. The highest BCUT2D eigenvalue weighted by Crippen LogP contribution is 2.24. The van der Waals surface area contributed by atoms with Gasteiger partial charge in [0, 0.05) is 18.6 Å². The van der Waals surface area contributed by atoms with Gasteiger partial charge in [0.1, 0.15) is 6.04 Å². The van der Waals surface area contributed by atoms with Crippen LogP contribution in [0.15, 0.2) is 0 Å². The molecule has 1 N–H and O–H groups in total. The zero-order chi connectivity index (χ0) is 11.5. The lowest BCUT2D eigenvalue weighted by Gasteiger charge is -2.36. The highest BCUT2D eigenvalue weighted by Gasteiger charge is 2.32. The number of nitrogens with one attached hydrogen (secondary N) is 1. The second-order valence-corrected chi connectivity index (χ2v) is 5.04. The van der Waals surface area contributed by atoms with Gasteiger partial charge in [-0.15, -0.1) is 0 Å². The molecule has 1 atom stereocenters. The van der Waals surface area contributed by atoms with Crippen molar-refractivity contribution in [3.05, 3.63) is 0 Å². The second kappa shape index (κ2) is 5.15. The Balaban J connectivity index is 1.81. The van der Waals surface area contributed by atoms with E-state index in [-0.39, 0.29) is 12.0 Å². The molecule has 0 amide bonds. The van der Waals surface area contributed by atoms with E-state index in [1.54, 1.807) is 0 Å². The van der Waals surface area contributed by atoms with Gasteiger partial charge in [0.2, 0.25) is 0 Å². The summed E-state index contributed by atoms with van der Waals surface area (Å²) in [5.74, 6) is -0.127. The van der Waals surface area contributed by atoms with Gasteiger partial charge in [-0.2, -0.15) is 0 Å². The van der Waals surface area contributed by atoms with Crippen LogP contribution in [-0.4, -0.2) is 49.7 Å². The van der Waals surface area contributed by atoms with Crippen LogP contribution in [0.25, 0.3) is 0 Å². The Kier molecular flexibility index (Phi) is 3.82. The monoisotopic (exact) mass is 226 g/mol. The zero-order valence-corrected chi connectivity index (χ0v) is 10.2. The Bertz CT molecular complexity index is 249. The number of likely N-dealkylation sites (N-methyl/N-ethyl adjacent to an activating group) is 1. The maximum atomic E-state index is 11.6. The van der Waals surface area contributed by atoms with Crippen LogP contribution in [0.5, 0.6) is 0 Å². The van der Waals surface area contributed by atoms with Gasteiger partial charge in [0.05, 0.1) is 7.11 Å². The molecule has 1 unspecified atom stereocenters. The number of ether oxygens (including phenoxy) is 1. The molecule has 2 fully saturated rings. The molecule has 0 aliphatic heterocycles. The number of carbonyl (C=O) groups excluding carboxylic acids is 1. The highest BCUT2D eigenvalue weighted by molar-refractivity contribution is 5.76. The SMILES string of the molecule is COC(=O)C(CN(C)C1CCC1)NC1CC1. The number of hydrogen-bond donors (Lipinski definition) is 1. The molecule has 2 aliphatic carbocycles. The Labute approximate surface area is 97.3 Å². The second-order valence-electron chi connectivity index (χ2n) is 5.04. The molecular formula is C12H22N2O2.